The summed E-state index contributed by atoms with van der Waals surface area (Å²) in [6.45, 7) is 7.58. The topological polar surface area (TPSA) is 26.0 Å². The fraction of sp³-hybridized carbons (Fsp3) is 0.571. The van der Waals surface area contributed by atoms with Gasteiger partial charge in [0.15, 0.2) is 0 Å². The fourth-order valence-electron chi connectivity index (χ4n) is 2.80. The Morgan fingerprint density at radius 1 is 1.33 bits per heavy atom. The minimum absolute atomic E-state index is 0.590. The van der Waals surface area contributed by atoms with Crippen LogP contribution in [0, 0.1) is 12.8 Å². The summed E-state index contributed by atoms with van der Waals surface area (Å²) in [4.78, 5) is 0. The number of nitrogens with two attached hydrogens (primary N) is 1. The van der Waals surface area contributed by atoms with Crippen LogP contribution in [0.2, 0.25) is 0 Å². The third-order valence-electron chi connectivity index (χ3n) is 3.71. The van der Waals surface area contributed by atoms with E-state index in [9.17, 15) is 0 Å². The molecule has 82 valence electrons. The molecular formula is C14H21N. The molecule has 1 aromatic carbocycles. The monoisotopic (exact) mass is 203 g/mol. The maximum atomic E-state index is 5.86. The molecule has 0 spiro atoms. The van der Waals surface area contributed by atoms with E-state index >= 15 is 0 Å². The number of rotatable bonds is 2. The summed E-state index contributed by atoms with van der Waals surface area (Å²) in [7, 11) is 0. The lowest BCUT2D eigenvalue weighted by molar-refractivity contribution is 0.468. The van der Waals surface area contributed by atoms with Crippen molar-refractivity contribution in [2.45, 2.75) is 39.0 Å². The van der Waals surface area contributed by atoms with Crippen molar-refractivity contribution in [1.82, 2.24) is 0 Å². The quantitative estimate of drug-likeness (QED) is 0.785. The molecule has 1 aromatic rings. The maximum absolute atomic E-state index is 5.86. The average molecular weight is 203 g/mol. The Morgan fingerprint density at radius 3 is 2.67 bits per heavy atom. The normalized spacial score (nSPS) is 24.6. The van der Waals surface area contributed by atoms with Crippen molar-refractivity contribution in [2.24, 2.45) is 11.7 Å². The lowest BCUT2D eigenvalue weighted by atomic mass is 9.89. The van der Waals surface area contributed by atoms with Gasteiger partial charge in [0, 0.05) is 0 Å². The van der Waals surface area contributed by atoms with Gasteiger partial charge in [-0.15, -0.1) is 0 Å². The van der Waals surface area contributed by atoms with Crippen molar-refractivity contribution in [3.05, 3.63) is 34.9 Å². The lowest BCUT2D eigenvalue weighted by Gasteiger charge is -2.15. The largest absolute Gasteiger partial charge is 0.330 e. The highest BCUT2D eigenvalue weighted by Gasteiger charge is 2.31. The molecule has 0 aromatic heterocycles. The van der Waals surface area contributed by atoms with Crippen LogP contribution in [0.1, 0.15) is 48.8 Å². The van der Waals surface area contributed by atoms with Crippen molar-refractivity contribution >= 4 is 0 Å². The van der Waals surface area contributed by atoms with Gasteiger partial charge in [-0.1, -0.05) is 37.6 Å². The molecule has 0 amide bonds. The molecule has 2 rings (SSSR count). The summed E-state index contributed by atoms with van der Waals surface area (Å²) in [6, 6.07) is 6.87. The van der Waals surface area contributed by atoms with Crippen LogP contribution in [0.5, 0.6) is 0 Å². The predicted molar refractivity (Wildman–Crippen MR) is 65.2 cm³/mol. The summed E-state index contributed by atoms with van der Waals surface area (Å²) in [6.07, 6.45) is 1.24. The van der Waals surface area contributed by atoms with Gasteiger partial charge in [-0.2, -0.15) is 0 Å². The van der Waals surface area contributed by atoms with E-state index in [2.05, 4.69) is 39.0 Å². The second kappa shape index (κ2) is 3.97. The fourth-order valence-corrected chi connectivity index (χ4v) is 2.80. The maximum Gasteiger partial charge on any atom is -0.000791 e. The molecule has 2 unspecified atom stereocenters. The Hall–Kier alpha value is -0.820. The van der Waals surface area contributed by atoms with Crippen molar-refractivity contribution in [1.29, 1.82) is 0 Å². The SMILES string of the molecule is Cc1ccc2c(c1)C(CN)CC2C(C)C. The Labute approximate surface area is 92.7 Å². The van der Waals surface area contributed by atoms with Crippen LogP contribution in [-0.4, -0.2) is 6.54 Å². The predicted octanol–water partition coefficient (Wildman–Crippen LogP) is 3.18. The van der Waals surface area contributed by atoms with Gasteiger partial charge in [0.25, 0.3) is 0 Å². The first-order valence-electron chi connectivity index (χ1n) is 5.94. The first-order chi connectivity index (χ1) is 7.13. The zero-order chi connectivity index (χ0) is 11.0. The molecule has 0 fully saturated rings. The average Bonchev–Trinajstić information content (AvgIpc) is 2.55. The van der Waals surface area contributed by atoms with E-state index in [1.165, 1.54) is 17.5 Å². The van der Waals surface area contributed by atoms with Gasteiger partial charge in [-0.25, -0.2) is 0 Å². The molecule has 1 nitrogen and oxygen atoms in total. The third kappa shape index (κ3) is 1.81. The minimum Gasteiger partial charge on any atom is -0.330 e. The standard InChI is InChI=1S/C14H21N/c1-9(2)13-7-11(8-15)14-6-10(3)4-5-12(13)14/h4-6,9,11,13H,7-8,15H2,1-3H3. The second-order valence-electron chi connectivity index (χ2n) is 5.15. The van der Waals surface area contributed by atoms with Crippen molar-refractivity contribution in [2.75, 3.05) is 6.54 Å². The molecule has 1 heteroatoms. The molecule has 2 N–H and O–H groups in total. The first kappa shape index (κ1) is 10.7. The van der Waals surface area contributed by atoms with E-state index in [0.29, 0.717) is 11.8 Å². The van der Waals surface area contributed by atoms with Gasteiger partial charge in [-0.3, -0.25) is 0 Å². The molecule has 15 heavy (non-hydrogen) atoms. The Balaban J connectivity index is 2.43. The summed E-state index contributed by atoms with van der Waals surface area (Å²) < 4.78 is 0. The lowest BCUT2D eigenvalue weighted by Crippen LogP contribution is -2.10. The molecule has 0 saturated carbocycles. The van der Waals surface area contributed by atoms with Crippen molar-refractivity contribution in [3.8, 4) is 0 Å². The molecule has 0 heterocycles. The van der Waals surface area contributed by atoms with Crippen LogP contribution in [0.4, 0.5) is 0 Å². The first-order valence-corrected chi connectivity index (χ1v) is 5.94. The van der Waals surface area contributed by atoms with Gasteiger partial charge < -0.3 is 5.73 Å². The van der Waals surface area contributed by atoms with Crippen LogP contribution in [0.15, 0.2) is 18.2 Å². The molecule has 1 aliphatic rings. The van der Waals surface area contributed by atoms with E-state index in [0.717, 1.165) is 12.5 Å². The Morgan fingerprint density at radius 2 is 2.07 bits per heavy atom. The van der Waals surface area contributed by atoms with Gasteiger partial charge in [0.05, 0.1) is 0 Å². The molecular weight excluding hydrogens is 182 g/mol. The van der Waals surface area contributed by atoms with Crippen LogP contribution in [0.25, 0.3) is 0 Å². The number of hydrogen-bond donors (Lipinski definition) is 1. The molecule has 0 radical (unpaired) electrons. The van der Waals surface area contributed by atoms with Gasteiger partial charge in [-0.05, 0) is 48.8 Å². The molecule has 0 saturated heterocycles. The van der Waals surface area contributed by atoms with Crippen molar-refractivity contribution in [3.63, 3.8) is 0 Å². The van der Waals surface area contributed by atoms with Crippen molar-refractivity contribution < 1.29 is 0 Å². The van der Waals surface area contributed by atoms with Crippen LogP contribution in [-0.2, 0) is 0 Å². The highest BCUT2D eigenvalue weighted by atomic mass is 14.6. The molecule has 1 aliphatic carbocycles. The summed E-state index contributed by atoms with van der Waals surface area (Å²) in [5.74, 6) is 2.03. The summed E-state index contributed by atoms with van der Waals surface area (Å²) >= 11 is 0. The molecule has 0 bridgehead atoms. The van der Waals surface area contributed by atoms with E-state index in [-0.39, 0.29) is 0 Å². The second-order valence-corrected chi connectivity index (χ2v) is 5.15. The van der Waals surface area contributed by atoms with E-state index < -0.39 is 0 Å². The third-order valence-corrected chi connectivity index (χ3v) is 3.71. The Bertz CT molecular complexity index is 354. The summed E-state index contributed by atoms with van der Waals surface area (Å²) in [5, 5.41) is 0. The summed E-state index contributed by atoms with van der Waals surface area (Å²) in [5.41, 5.74) is 10.3. The molecule has 2 atom stereocenters. The van der Waals surface area contributed by atoms with Crippen LogP contribution >= 0.6 is 0 Å². The zero-order valence-corrected chi connectivity index (χ0v) is 9.96. The highest BCUT2D eigenvalue weighted by Crippen LogP contribution is 2.45. The van der Waals surface area contributed by atoms with E-state index in [4.69, 9.17) is 5.73 Å². The zero-order valence-electron chi connectivity index (χ0n) is 9.96. The highest BCUT2D eigenvalue weighted by molar-refractivity contribution is 5.41. The van der Waals surface area contributed by atoms with Gasteiger partial charge in [0.2, 0.25) is 0 Å². The number of hydrogen-bond acceptors (Lipinski definition) is 1. The number of benzene rings is 1. The number of aryl methyl sites for hydroxylation is 1. The Kier molecular flexibility index (Phi) is 2.83. The van der Waals surface area contributed by atoms with Crippen LogP contribution < -0.4 is 5.73 Å². The molecule has 0 aliphatic heterocycles. The van der Waals surface area contributed by atoms with E-state index in [1.807, 2.05) is 0 Å². The van der Waals surface area contributed by atoms with Gasteiger partial charge in [0.1, 0.15) is 0 Å². The smallest absolute Gasteiger partial charge is 0.000791 e. The minimum atomic E-state index is 0.590. The number of fused-ring (bicyclic) bond motifs is 1. The van der Waals surface area contributed by atoms with Gasteiger partial charge >= 0.3 is 0 Å². The van der Waals surface area contributed by atoms with E-state index in [1.54, 1.807) is 5.56 Å². The van der Waals surface area contributed by atoms with Crippen LogP contribution in [0.3, 0.4) is 0 Å².